The molecule has 0 radical (unpaired) electrons. The lowest BCUT2D eigenvalue weighted by molar-refractivity contribution is -0.137. The van der Waals surface area contributed by atoms with Crippen molar-refractivity contribution in [2.24, 2.45) is 5.73 Å². The maximum absolute atomic E-state index is 10.6. The molecule has 0 saturated heterocycles. The quantitative estimate of drug-likeness (QED) is 0.835. The van der Waals surface area contributed by atoms with Crippen LogP contribution in [0.1, 0.15) is 11.5 Å². The zero-order valence-electron chi connectivity index (χ0n) is 10.9. The van der Waals surface area contributed by atoms with Crippen LogP contribution < -0.4 is 5.73 Å². The van der Waals surface area contributed by atoms with Crippen LogP contribution in [0.5, 0.6) is 0 Å². The fourth-order valence-corrected chi connectivity index (χ4v) is 2.40. The summed E-state index contributed by atoms with van der Waals surface area (Å²) in [7, 11) is 0. The Bertz CT molecular complexity index is 600. The Morgan fingerprint density at radius 1 is 1.50 bits per heavy atom. The molecule has 1 atom stereocenters. The van der Waals surface area contributed by atoms with E-state index in [9.17, 15) is 4.79 Å². The summed E-state index contributed by atoms with van der Waals surface area (Å²) < 4.78 is 5.15. The highest BCUT2D eigenvalue weighted by atomic mass is 32.2. The number of carbonyl (C=O) groups is 1. The molecule has 1 heterocycles. The van der Waals surface area contributed by atoms with Gasteiger partial charge in [0.1, 0.15) is 6.04 Å². The Labute approximate surface area is 120 Å². The second kappa shape index (κ2) is 6.53. The van der Waals surface area contributed by atoms with Crippen LogP contribution in [0.2, 0.25) is 0 Å². The zero-order chi connectivity index (χ0) is 14.5. The van der Waals surface area contributed by atoms with Gasteiger partial charge >= 0.3 is 5.97 Å². The summed E-state index contributed by atoms with van der Waals surface area (Å²) in [5.74, 6) is 0.743. The first-order valence-electron chi connectivity index (χ1n) is 6.02. The summed E-state index contributed by atoms with van der Waals surface area (Å²) in [5, 5.41) is 12.6. The monoisotopic (exact) mass is 293 g/mol. The highest BCUT2D eigenvalue weighted by Crippen LogP contribution is 2.21. The number of hydrogen-bond donors (Lipinski definition) is 2. The molecule has 0 aliphatic rings. The Morgan fingerprint density at radius 2 is 2.25 bits per heavy atom. The van der Waals surface area contributed by atoms with Gasteiger partial charge < -0.3 is 15.4 Å². The van der Waals surface area contributed by atoms with E-state index in [1.54, 1.807) is 0 Å². The number of aromatic nitrogens is 2. The van der Waals surface area contributed by atoms with Crippen LogP contribution >= 0.6 is 11.8 Å². The van der Waals surface area contributed by atoms with E-state index in [0.717, 1.165) is 11.1 Å². The summed E-state index contributed by atoms with van der Waals surface area (Å²) in [5.41, 5.74) is 7.41. The van der Waals surface area contributed by atoms with Gasteiger partial charge in [-0.3, -0.25) is 4.79 Å². The number of thioether (sulfide) groups is 1. The first kappa shape index (κ1) is 14.5. The normalized spacial score (nSPS) is 12.3. The van der Waals surface area contributed by atoms with E-state index in [1.165, 1.54) is 11.8 Å². The molecule has 1 aromatic carbocycles. The van der Waals surface area contributed by atoms with E-state index in [1.807, 2.05) is 31.2 Å². The van der Waals surface area contributed by atoms with E-state index in [4.69, 9.17) is 15.4 Å². The lowest BCUT2D eigenvalue weighted by atomic mass is 10.1. The van der Waals surface area contributed by atoms with Crippen LogP contribution in [-0.2, 0) is 10.5 Å². The van der Waals surface area contributed by atoms with E-state index in [-0.39, 0.29) is 0 Å². The number of carboxylic acids is 1. The number of rotatable bonds is 6. The van der Waals surface area contributed by atoms with Crippen LogP contribution in [0.15, 0.2) is 28.8 Å². The Kier molecular flexibility index (Phi) is 4.75. The van der Waals surface area contributed by atoms with Crippen molar-refractivity contribution < 1.29 is 14.4 Å². The minimum Gasteiger partial charge on any atom is -0.480 e. The number of nitrogens with zero attached hydrogens (tertiary/aromatic N) is 2. The maximum atomic E-state index is 10.6. The van der Waals surface area contributed by atoms with E-state index in [0.29, 0.717) is 23.2 Å². The van der Waals surface area contributed by atoms with Crippen molar-refractivity contribution in [3.63, 3.8) is 0 Å². The van der Waals surface area contributed by atoms with Gasteiger partial charge in [0.05, 0.1) is 5.75 Å². The molecule has 3 N–H and O–H groups in total. The fraction of sp³-hybridized carbons (Fsp3) is 0.308. The maximum Gasteiger partial charge on any atom is 0.321 e. The Morgan fingerprint density at radius 3 is 2.95 bits per heavy atom. The summed E-state index contributed by atoms with van der Waals surface area (Å²) in [4.78, 5) is 14.9. The van der Waals surface area contributed by atoms with Crippen molar-refractivity contribution in [2.75, 3.05) is 5.75 Å². The minimum atomic E-state index is -1.01. The van der Waals surface area contributed by atoms with Gasteiger partial charge in [0.2, 0.25) is 11.7 Å². The highest BCUT2D eigenvalue weighted by molar-refractivity contribution is 7.98. The van der Waals surface area contributed by atoms with Crippen LogP contribution in [0.3, 0.4) is 0 Å². The molecule has 20 heavy (non-hydrogen) atoms. The van der Waals surface area contributed by atoms with Crippen LogP contribution in [0.4, 0.5) is 0 Å². The molecule has 6 nitrogen and oxygen atoms in total. The molecule has 0 bridgehead atoms. The number of nitrogens with two attached hydrogens (primary N) is 1. The molecule has 0 aliphatic carbocycles. The van der Waals surface area contributed by atoms with Crippen molar-refractivity contribution in [1.29, 1.82) is 0 Å². The summed E-state index contributed by atoms with van der Waals surface area (Å²) >= 11 is 1.35. The molecular formula is C13H15N3O3S. The average molecular weight is 293 g/mol. The zero-order valence-corrected chi connectivity index (χ0v) is 11.8. The van der Waals surface area contributed by atoms with Gasteiger partial charge in [-0.15, -0.1) is 11.8 Å². The van der Waals surface area contributed by atoms with Crippen LogP contribution in [0.25, 0.3) is 11.4 Å². The SMILES string of the molecule is Cc1ccccc1-c1noc(CSCC(N)C(=O)O)n1. The number of benzene rings is 1. The first-order valence-corrected chi connectivity index (χ1v) is 7.18. The topological polar surface area (TPSA) is 102 Å². The second-order valence-corrected chi connectivity index (χ2v) is 5.32. The predicted molar refractivity (Wildman–Crippen MR) is 76.2 cm³/mol. The molecule has 1 aromatic heterocycles. The van der Waals surface area contributed by atoms with Gasteiger partial charge in [-0.05, 0) is 12.5 Å². The predicted octanol–water partition coefficient (Wildman–Crippen LogP) is 1.69. The van der Waals surface area contributed by atoms with Gasteiger partial charge in [-0.1, -0.05) is 29.4 Å². The standard InChI is InChI=1S/C13H15N3O3S/c1-8-4-2-3-5-9(8)12-15-11(19-16-12)7-20-6-10(14)13(17)18/h2-5,10H,6-7,14H2,1H3,(H,17,18). The van der Waals surface area contributed by atoms with Crippen molar-refractivity contribution in [3.8, 4) is 11.4 Å². The molecule has 1 unspecified atom stereocenters. The largest absolute Gasteiger partial charge is 0.480 e. The van der Waals surface area contributed by atoms with Gasteiger partial charge in [0.25, 0.3) is 0 Å². The third-order valence-corrected chi connectivity index (χ3v) is 3.74. The summed E-state index contributed by atoms with van der Waals surface area (Å²) in [6, 6.07) is 6.89. The molecule has 0 amide bonds. The number of aliphatic carboxylic acids is 1. The van der Waals surface area contributed by atoms with Gasteiger partial charge in [-0.2, -0.15) is 4.98 Å². The molecule has 0 spiro atoms. The molecule has 106 valence electrons. The van der Waals surface area contributed by atoms with Crippen LogP contribution in [0, 0.1) is 6.92 Å². The Hall–Kier alpha value is -1.86. The summed E-state index contributed by atoms with van der Waals surface area (Å²) in [6.07, 6.45) is 0. The van der Waals surface area contributed by atoms with Crippen LogP contribution in [-0.4, -0.2) is 33.0 Å². The lowest BCUT2D eigenvalue weighted by Gasteiger charge is -2.03. The van der Waals surface area contributed by atoms with Gasteiger partial charge in [-0.25, -0.2) is 0 Å². The third-order valence-electron chi connectivity index (χ3n) is 2.69. The van der Waals surface area contributed by atoms with E-state index < -0.39 is 12.0 Å². The van der Waals surface area contributed by atoms with Crippen molar-refractivity contribution in [1.82, 2.24) is 10.1 Å². The molecule has 7 heteroatoms. The molecule has 0 aliphatic heterocycles. The third kappa shape index (κ3) is 3.58. The van der Waals surface area contributed by atoms with Crippen molar-refractivity contribution in [3.05, 3.63) is 35.7 Å². The number of aryl methyl sites for hydroxylation is 1. The first-order chi connectivity index (χ1) is 9.58. The van der Waals surface area contributed by atoms with Crippen molar-refractivity contribution in [2.45, 2.75) is 18.7 Å². The summed E-state index contributed by atoms with van der Waals surface area (Å²) in [6.45, 7) is 1.98. The fourth-order valence-electron chi connectivity index (χ4n) is 1.59. The highest BCUT2D eigenvalue weighted by Gasteiger charge is 2.14. The minimum absolute atomic E-state index is 0.303. The Balaban J connectivity index is 1.96. The molecular weight excluding hydrogens is 278 g/mol. The molecule has 0 fully saturated rings. The number of carboxylic acid groups (broad SMARTS) is 1. The molecule has 2 rings (SSSR count). The van der Waals surface area contributed by atoms with E-state index in [2.05, 4.69) is 10.1 Å². The van der Waals surface area contributed by atoms with E-state index >= 15 is 0 Å². The van der Waals surface area contributed by atoms with Gasteiger partial charge in [0.15, 0.2) is 0 Å². The second-order valence-electron chi connectivity index (χ2n) is 4.29. The number of hydrogen-bond acceptors (Lipinski definition) is 6. The average Bonchev–Trinajstić information content (AvgIpc) is 2.87. The van der Waals surface area contributed by atoms with Gasteiger partial charge in [0, 0.05) is 11.3 Å². The van der Waals surface area contributed by atoms with Crippen molar-refractivity contribution >= 4 is 17.7 Å². The smallest absolute Gasteiger partial charge is 0.321 e. The lowest BCUT2D eigenvalue weighted by Crippen LogP contribution is -2.32. The molecule has 0 saturated carbocycles. The molecule has 2 aromatic rings.